The Kier molecular flexibility index (Phi) is 3.53. The molecule has 22 heavy (non-hydrogen) atoms. The molecule has 0 N–H and O–H groups in total. The van der Waals surface area contributed by atoms with Gasteiger partial charge >= 0.3 is 0 Å². The molecule has 0 aliphatic heterocycles. The Labute approximate surface area is 129 Å². The molecule has 112 valence electrons. The Bertz CT molecular complexity index is 754. The molecule has 0 fully saturated rings. The summed E-state index contributed by atoms with van der Waals surface area (Å²) < 4.78 is 1.78. The van der Waals surface area contributed by atoms with E-state index in [4.69, 9.17) is 0 Å². The Hall–Kier alpha value is -2.49. The fraction of sp³-hybridized carbons (Fsp3) is 0.278. The number of aromatic nitrogens is 2. The van der Waals surface area contributed by atoms with E-state index in [2.05, 4.69) is 5.10 Å². The molecule has 4 nitrogen and oxygen atoms in total. The summed E-state index contributed by atoms with van der Waals surface area (Å²) in [5.41, 5.74) is 1.68. The van der Waals surface area contributed by atoms with E-state index in [1.165, 1.54) is 6.08 Å². The highest BCUT2D eigenvalue weighted by Crippen LogP contribution is 2.34. The molecule has 0 amide bonds. The number of hydrogen-bond donors (Lipinski definition) is 0. The van der Waals surface area contributed by atoms with Crippen LogP contribution in [0.4, 0.5) is 0 Å². The van der Waals surface area contributed by atoms with E-state index in [1.807, 2.05) is 50.4 Å². The van der Waals surface area contributed by atoms with Crippen LogP contribution in [0.3, 0.4) is 0 Å². The van der Waals surface area contributed by atoms with Gasteiger partial charge in [-0.25, -0.2) is 0 Å². The third kappa shape index (κ3) is 2.77. The summed E-state index contributed by atoms with van der Waals surface area (Å²) in [7, 11) is 0. The van der Waals surface area contributed by atoms with Crippen molar-refractivity contribution in [2.75, 3.05) is 0 Å². The smallest absolute Gasteiger partial charge is 0.169 e. The van der Waals surface area contributed by atoms with Crippen LogP contribution in [0, 0.1) is 5.41 Å². The van der Waals surface area contributed by atoms with E-state index < -0.39 is 5.41 Å². The molecule has 2 aromatic rings. The first-order valence-corrected chi connectivity index (χ1v) is 7.32. The van der Waals surface area contributed by atoms with Crippen molar-refractivity contribution in [3.63, 3.8) is 0 Å². The van der Waals surface area contributed by atoms with Crippen LogP contribution in [0.15, 0.2) is 48.8 Å². The SMILES string of the molecule is CC1(C)CC(=O)C=C(c2cnn(Cc3ccccc3)c2)C1=O. The number of hydrogen-bond acceptors (Lipinski definition) is 3. The average molecular weight is 294 g/mol. The molecule has 3 rings (SSSR count). The van der Waals surface area contributed by atoms with Crippen molar-refractivity contribution in [2.45, 2.75) is 26.8 Å². The number of carbonyl (C=O) groups excluding carboxylic acids is 2. The summed E-state index contributed by atoms with van der Waals surface area (Å²) in [4.78, 5) is 24.4. The molecule has 0 unspecified atom stereocenters. The van der Waals surface area contributed by atoms with Crippen LogP contribution in [-0.2, 0) is 16.1 Å². The Morgan fingerprint density at radius 2 is 1.91 bits per heavy atom. The fourth-order valence-electron chi connectivity index (χ4n) is 2.73. The molecule has 1 heterocycles. The van der Waals surface area contributed by atoms with E-state index in [0.717, 1.165) is 5.56 Å². The normalized spacial score (nSPS) is 17.5. The van der Waals surface area contributed by atoms with Crippen LogP contribution in [-0.4, -0.2) is 21.3 Å². The molecule has 1 aliphatic rings. The summed E-state index contributed by atoms with van der Waals surface area (Å²) in [5, 5.41) is 4.31. The molecule has 0 bridgehead atoms. The van der Waals surface area contributed by atoms with Gasteiger partial charge in [0.05, 0.1) is 12.7 Å². The molecule has 0 atom stereocenters. The van der Waals surface area contributed by atoms with E-state index in [-0.39, 0.29) is 18.0 Å². The van der Waals surface area contributed by atoms with Gasteiger partial charge in [-0.15, -0.1) is 0 Å². The second kappa shape index (κ2) is 5.37. The lowest BCUT2D eigenvalue weighted by atomic mass is 9.74. The van der Waals surface area contributed by atoms with E-state index in [0.29, 0.717) is 17.7 Å². The lowest BCUT2D eigenvalue weighted by molar-refractivity contribution is -0.127. The zero-order valence-corrected chi connectivity index (χ0v) is 12.7. The predicted octanol–water partition coefficient (Wildman–Crippen LogP) is 2.88. The van der Waals surface area contributed by atoms with Gasteiger partial charge in [-0.3, -0.25) is 14.3 Å². The maximum Gasteiger partial charge on any atom is 0.169 e. The average Bonchev–Trinajstić information content (AvgIpc) is 2.92. The number of benzene rings is 1. The molecule has 0 saturated carbocycles. The minimum Gasteiger partial charge on any atom is -0.295 e. The third-order valence-corrected chi connectivity index (χ3v) is 3.91. The number of allylic oxidation sites excluding steroid dienone is 2. The molecule has 1 aliphatic carbocycles. The van der Waals surface area contributed by atoms with E-state index in [1.54, 1.807) is 10.9 Å². The third-order valence-electron chi connectivity index (χ3n) is 3.91. The maximum atomic E-state index is 12.5. The number of Topliss-reactive ketones (excluding diaryl/α,β-unsaturated/α-hetero) is 1. The van der Waals surface area contributed by atoms with Crippen LogP contribution in [0.25, 0.3) is 5.57 Å². The monoisotopic (exact) mass is 294 g/mol. The standard InChI is InChI=1S/C18H18N2O2/c1-18(2)9-15(21)8-16(17(18)22)14-10-19-20(12-14)11-13-6-4-3-5-7-13/h3-8,10,12H,9,11H2,1-2H3. The van der Waals surface area contributed by atoms with Gasteiger partial charge in [0, 0.05) is 29.2 Å². The van der Waals surface area contributed by atoms with E-state index in [9.17, 15) is 9.59 Å². The number of ketones is 2. The number of rotatable bonds is 3. The van der Waals surface area contributed by atoms with Crippen molar-refractivity contribution >= 4 is 17.1 Å². The molecule has 1 aromatic carbocycles. The molecule has 0 spiro atoms. The van der Waals surface area contributed by atoms with Crippen LogP contribution < -0.4 is 0 Å². The van der Waals surface area contributed by atoms with Gasteiger partial charge in [0.25, 0.3) is 0 Å². The predicted molar refractivity (Wildman–Crippen MR) is 84.2 cm³/mol. The molecule has 0 radical (unpaired) electrons. The Morgan fingerprint density at radius 1 is 1.18 bits per heavy atom. The van der Waals surface area contributed by atoms with Crippen molar-refractivity contribution in [3.8, 4) is 0 Å². The zero-order valence-electron chi connectivity index (χ0n) is 12.7. The highest BCUT2D eigenvalue weighted by atomic mass is 16.1. The van der Waals surface area contributed by atoms with Crippen LogP contribution >= 0.6 is 0 Å². The second-order valence-electron chi connectivity index (χ2n) is 6.33. The van der Waals surface area contributed by atoms with E-state index >= 15 is 0 Å². The number of nitrogens with zero attached hydrogens (tertiary/aromatic N) is 2. The molecule has 0 saturated heterocycles. The minimum atomic E-state index is -0.636. The summed E-state index contributed by atoms with van der Waals surface area (Å²) in [6.45, 7) is 4.27. The highest BCUT2D eigenvalue weighted by molar-refractivity contribution is 6.29. The highest BCUT2D eigenvalue weighted by Gasteiger charge is 2.37. The Balaban J connectivity index is 1.87. The van der Waals surface area contributed by atoms with Gasteiger partial charge in [-0.2, -0.15) is 5.10 Å². The van der Waals surface area contributed by atoms with Gasteiger partial charge in [-0.05, 0) is 11.6 Å². The topological polar surface area (TPSA) is 52.0 Å². The Morgan fingerprint density at radius 3 is 2.64 bits per heavy atom. The van der Waals surface area contributed by atoms with Crippen LogP contribution in [0.1, 0.15) is 31.4 Å². The largest absolute Gasteiger partial charge is 0.295 e. The maximum absolute atomic E-state index is 12.5. The van der Waals surface area contributed by atoms with Crippen molar-refractivity contribution in [2.24, 2.45) is 5.41 Å². The van der Waals surface area contributed by atoms with Crippen LogP contribution in [0.5, 0.6) is 0 Å². The first kappa shape index (κ1) is 14.4. The molecular weight excluding hydrogens is 276 g/mol. The van der Waals surface area contributed by atoms with Gasteiger partial charge in [0.15, 0.2) is 11.6 Å². The molecule has 1 aromatic heterocycles. The fourth-order valence-corrected chi connectivity index (χ4v) is 2.73. The first-order chi connectivity index (χ1) is 10.5. The minimum absolute atomic E-state index is 0.00425. The summed E-state index contributed by atoms with van der Waals surface area (Å²) in [6.07, 6.45) is 5.21. The van der Waals surface area contributed by atoms with Gasteiger partial charge in [0.2, 0.25) is 0 Å². The van der Waals surface area contributed by atoms with Crippen molar-refractivity contribution in [1.82, 2.24) is 9.78 Å². The summed E-state index contributed by atoms with van der Waals surface area (Å²) >= 11 is 0. The van der Waals surface area contributed by atoms with Gasteiger partial charge < -0.3 is 0 Å². The van der Waals surface area contributed by atoms with Crippen molar-refractivity contribution < 1.29 is 9.59 Å². The zero-order chi connectivity index (χ0) is 15.7. The lowest BCUT2D eigenvalue weighted by Gasteiger charge is -2.26. The van der Waals surface area contributed by atoms with Crippen molar-refractivity contribution in [3.05, 3.63) is 59.9 Å². The quantitative estimate of drug-likeness (QED) is 0.874. The number of carbonyl (C=O) groups is 2. The second-order valence-corrected chi connectivity index (χ2v) is 6.33. The van der Waals surface area contributed by atoms with Crippen molar-refractivity contribution in [1.29, 1.82) is 0 Å². The summed E-state index contributed by atoms with van der Waals surface area (Å²) in [5.74, 6) is 0.00164. The van der Waals surface area contributed by atoms with Gasteiger partial charge in [0.1, 0.15) is 0 Å². The molecular formula is C18H18N2O2. The van der Waals surface area contributed by atoms with Crippen LogP contribution in [0.2, 0.25) is 0 Å². The lowest BCUT2D eigenvalue weighted by Crippen LogP contribution is -2.31. The molecule has 4 heteroatoms. The summed E-state index contributed by atoms with van der Waals surface area (Å²) in [6, 6.07) is 9.98. The van der Waals surface area contributed by atoms with Gasteiger partial charge in [-0.1, -0.05) is 44.2 Å². The first-order valence-electron chi connectivity index (χ1n) is 7.32.